The maximum atomic E-state index is 11.6. The molecule has 0 heterocycles. The second kappa shape index (κ2) is 13.6. The predicted molar refractivity (Wildman–Crippen MR) is 109 cm³/mol. The highest BCUT2D eigenvalue weighted by Gasteiger charge is 2.14. The lowest BCUT2D eigenvalue weighted by Gasteiger charge is -2.06. The standard InChI is InChI=1S/C21H35ClO2S/c1-2-3-4-5-6-7-8-9-10-11-12-13-14-17-20-18-15-16-19-21(20)25(22,23)24/h15-16,18-19H,2-14,17H2,1H3. The first kappa shape index (κ1) is 22.5. The molecule has 0 bridgehead atoms. The lowest BCUT2D eigenvalue weighted by atomic mass is 10.0. The summed E-state index contributed by atoms with van der Waals surface area (Å²) in [6, 6.07) is 7.07. The van der Waals surface area contributed by atoms with E-state index in [4.69, 9.17) is 10.7 Å². The van der Waals surface area contributed by atoms with Gasteiger partial charge in [-0.2, -0.15) is 0 Å². The monoisotopic (exact) mass is 386 g/mol. The number of unbranched alkanes of at least 4 members (excludes halogenated alkanes) is 12. The van der Waals surface area contributed by atoms with Crippen LogP contribution in [0, 0.1) is 0 Å². The van der Waals surface area contributed by atoms with E-state index in [1.165, 1.54) is 70.6 Å². The third-order valence-electron chi connectivity index (χ3n) is 4.78. The number of hydrogen-bond acceptors (Lipinski definition) is 2. The maximum absolute atomic E-state index is 11.6. The number of halogens is 1. The molecule has 0 radical (unpaired) electrons. The first-order valence-electron chi connectivity index (χ1n) is 10.1. The molecule has 1 rings (SSSR count). The van der Waals surface area contributed by atoms with E-state index < -0.39 is 9.05 Å². The van der Waals surface area contributed by atoms with E-state index in [1.54, 1.807) is 12.1 Å². The highest BCUT2D eigenvalue weighted by molar-refractivity contribution is 8.13. The van der Waals surface area contributed by atoms with E-state index in [9.17, 15) is 8.42 Å². The Balaban J connectivity index is 2.01. The molecule has 0 aliphatic heterocycles. The Labute approximate surface area is 159 Å². The lowest BCUT2D eigenvalue weighted by molar-refractivity contribution is 0.539. The SMILES string of the molecule is CCCCCCCCCCCCCCCc1ccccc1S(=O)(=O)Cl. The van der Waals surface area contributed by atoms with E-state index in [1.807, 2.05) is 12.1 Å². The van der Waals surface area contributed by atoms with Crippen LogP contribution in [0.2, 0.25) is 0 Å². The molecule has 144 valence electrons. The van der Waals surface area contributed by atoms with Crippen molar-refractivity contribution >= 4 is 19.7 Å². The van der Waals surface area contributed by atoms with Gasteiger partial charge in [0, 0.05) is 10.7 Å². The summed E-state index contributed by atoms with van der Waals surface area (Å²) < 4.78 is 23.1. The zero-order valence-electron chi connectivity index (χ0n) is 15.8. The first-order chi connectivity index (χ1) is 12.1. The Morgan fingerprint density at radius 2 is 1.16 bits per heavy atom. The molecule has 0 unspecified atom stereocenters. The van der Waals surface area contributed by atoms with Gasteiger partial charge < -0.3 is 0 Å². The quantitative estimate of drug-likeness (QED) is 0.235. The van der Waals surface area contributed by atoms with Crippen LogP contribution in [-0.4, -0.2) is 8.42 Å². The molecule has 0 saturated heterocycles. The van der Waals surface area contributed by atoms with E-state index >= 15 is 0 Å². The van der Waals surface area contributed by atoms with Crippen molar-refractivity contribution in [2.75, 3.05) is 0 Å². The number of benzene rings is 1. The minimum atomic E-state index is -3.63. The average molecular weight is 387 g/mol. The van der Waals surface area contributed by atoms with Gasteiger partial charge in [-0.1, -0.05) is 102 Å². The molecule has 0 fully saturated rings. The van der Waals surface area contributed by atoms with E-state index in [0.717, 1.165) is 24.8 Å². The fourth-order valence-electron chi connectivity index (χ4n) is 3.28. The van der Waals surface area contributed by atoms with E-state index in [-0.39, 0.29) is 4.90 Å². The van der Waals surface area contributed by atoms with Crippen LogP contribution in [0.5, 0.6) is 0 Å². The van der Waals surface area contributed by atoms with Crippen LogP contribution < -0.4 is 0 Å². The van der Waals surface area contributed by atoms with Crippen molar-refractivity contribution in [2.45, 2.75) is 102 Å². The number of hydrogen-bond donors (Lipinski definition) is 0. The van der Waals surface area contributed by atoms with Gasteiger partial charge in [0.25, 0.3) is 9.05 Å². The lowest BCUT2D eigenvalue weighted by Crippen LogP contribution is -1.98. The molecule has 1 aromatic rings. The third-order valence-corrected chi connectivity index (χ3v) is 6.21. The van der Waals surface area contributed by atoms with Gasteiger partial charge in [-0.3, -0.25) is 0 Å². The van der Waals surface area contributed by atoms with Crippen molar-refractivity contribution in [1.82, 2.24) is 0 Å². The van der Waals surface area contributed by atoms with Crippen molar-refractivity contribution in [3.8, 4) is 0 Å². The highest BCUT2D eigenvalue weighted by Crippen LogP contribution is 2.22. The molecule has 1 aromatic carbocycles. The smallest absolute Gasteiger partial charge is 0.207 e. The fraction of sp³-hybridized carbons (Fsp3) is 0.714. The average Bonchev–Trinajstić information content (AvgIpc) is 2.58. The minimum Gasteiger partial charge on any atom is -0.207 e. The van der Waals surface area contributed by atoms with Gasteiger partial charge in [-0.05, 0) is 24.5 Å². The molecule has 0 amide bonds. The molecule has 2 nitrogen and oxygen atoms in total. The normalized spacial score (nSPS) is 11.8. The number of aryl methyl sites for hydroxylation is 1. The van der Waals surface area contributed by atoms with Crippen LogP contribution in [-0.2, 0) is 15.5 Å². The largest absolute Gasteiger partial charge is 0.261 e. The van der Waals surface area contributed by atoms with Crippen LogP contribution in [0.15, 0.2) is 29.2 Å². The van der Waals surface area contributed by atoms with Gasteiger partial charge in [-0.15, -0.1) is 0 Å². The summed E-state index contributed by atoms with van der Waals surface area (Å²) >= 11 is 0. The molecular formula is C21H35ClO2S. The zero-order chi connectivity index (χ0) is 18.4. The Morgan fingerprint density at radius 1 is 0.720 bits per heavy atom. The predicted octanol–water partition coefficient (Wildman–Crippen LogP) is 7.25. The topological polar surface area (TPSA) is 34.1 Å². The third kappa shape index (κ3) is 10.9. The summed E-state index contributed by atoms with van der Waals surface area (Å²) in [6.45, 7) is 2.26. The molecule has 0 aliphatic rings. The van der Waals surface area contributed by atoms with Crippen molar-refractivity contribution in [3.63, 3.8) is 0 Å². The van der Waals surface area contributed by atoms with Gasteiger partial charge in [0.05, 0.1) is 4.90 Å². The first-order valence-corrected chi connectivity index (χ1v) is 12.4. The molecule has 0 spiro atoms. The van der Waals surface area contributed by atoms with Crippen molar-refractivity contribution in [2.24, 2.45) is 0 Å². The molecule has 0 N–H and O–H groups in total. The van der Waals surface area contributed by atoms with Gasteiger partial charge in [0.2, 0.25) is 0 Å². The molecule has 0 saturated carbocycles. The van der Waals surface area contributed by atoms with Crippen LogP contribution in [0.3, 0.4) is 0 Å². The summed E-state index contributed by atoms with van der Waals surface area (Å²) in [5.74, 6) is 0. The van der Waals surface area contributed by atoms with Crippen molar-refractivity contribution < 1.29 is 8.42 Å². The van der Waals surface area contributed by atoms with E-state index in [0.29, 0.717) is 0 Å². The van der Waals surface area contributed by atoms with Crippen LogP contribution in [0.1, 0.15) is 96.0 Å². The summed E-state index contributed by atoms with van der Waals surface area (Å²) in [6.07, 6.45) is 17.9. The summed E-state index contributed by atoms with van der Waals surface area (Å²) in [4.78, 5) is 0.274. The molecule has 0 atom stereocenters. The second-order valence-corrected chi connectivity index (χ2v) is 9.57. The van der Waals surface area contributed by atoms with Crippen molar-refractivity contribution in [1.29, 1.82) is 0 Å². The highest BCUT2D eigenvalue weighted by atomic mass is 35.7. The molecule has 4 heteroatoms. The Hall–Kier alpha value is -0.540. The number of rotatable bonds is 15. The van der Waals surface area contributed by atoms with Gasteiger partial charge in [0.15, 0.2) is 0 Å². The summed E-state index contributed by atoms with van der Waals surface area (Å²) in [5.41, 5.74) is 0.848. The second-order valence-electron chi connectivity index (χ2n) is 7.04. The zero-order valence-corrected chi connectivity index (χ0v) is 17.4. The van der Waals surface area contributed by atoms with Gasteiger partial charge in [-0.25, -0.2) is 8.42 Å². The Kier molecular flexibility index (Phi) is 12.3. The van der Waals surface area contributed by atoms with E-state index in [2.05, 4.69) is 6.92 Å². The molecule has 0 aromatic heterocycles. The fourth-order valence-corrected chi connectivity index (χ4v) is 4.46. The van der Waals surface area contributed by atoms with Crippen LogP contribution >= 0.6 is 10.7 Å². The Morgan fingerprint density at radius 3 is 1.64 bits per heavy atom. The summed E-state index contributed by atoms with van der Waals surface area (Å²) in [7, 11) is 1.87. The Bertz CT molecular complexity index is 555. The minimum absolute atomic E-state index is 0.274. The molecular weight excluding hydrogens is 352 g/mol. The van der Waals surface area contributed by atoms with Gasteiger partial charge >= 0.3 is 0 Å². The summed E-state index contributed by atoms with van der Waals surface area (Å²) in [5, 5.41) is 0. The van der Waals surface area contributed by atoms with Crippen LogP contribution in [0.25, 0.3) is 0 Å². The van der Waals surface area contributed by atoms with Crippen molar-refractivity contribution in [3.05, 3.63) is 29.8 Å². The molecule has 0 aliphatic carbocycles. The maximum Gasteiger partial charge on any atom is 0.261 e. The molecule has 25 heavy (non-hydrogen) atoms. The van der Waals surface area contributed by atoms with Crippen LogP contribution in [0.4, 0.5) is 0 Å². The van der Waals surface area contributed by atoms with Gasteiger partial charge in [0.1, 0.15) is 0 Å².